The number of anilines is 1. The van der Waals surface area contributed by atoms with Crippen molar-refractivity contribution in [1.29, 1.82) is 0 Å². The van der Waals surface area contributed by atoms with E-state index in [2.05, 4.69) is 15.4 Å². The minimum atomic E-state index is -1.29. The summed E-state index contributed by atoms with van der Waals surface area (Å²) in [5.74, 6) is -1.16. The van der Waals surface area contributed by atoms with Gasteiger partial charge in [-0.2, -0.15) is 5.10 Å². The van der Waals surface area contributed by atoms with E-state index in [1.54, 1.807) is 13.1 Å². The first kappa shape index (κ1) is 20.3. The molecular formula is C21H22F2N4O4. The summed E-state index contributed by atoms with van der Waals surface area (Å²) in [6.45, 7) is 1.35. The highest BCUT2D eigenvalue weighted by atomic mass is 19.1. The lowest BCUT2D eigenvalue weighted by atomic mass is 10.1. The van der Waals surface area contributed by atoms with Crippen LogP contribution in [0.3, 0.4) is 0 Å². The maximum absolute atomic E-state index is 14.5. The molecule has 0 radical (unpaired) electrons. The van der Waals surface area contributed by atoms with Gasteiger partial charge in [0.2, 0.25) is 0 Å². The molecule has 8 nitrogen and oxygen atoms in total. The van der Waals surface area contributed by atoms with Gasteiger partial charge in [0.05, 0.1) is 24.2 Å². The molecule has 1 aliphatic carbocycles. The van der Waals surface area contributed by atoms with Crippen molar-refractivity contribution >= 4 is 16.7 Å². The Kier molecular flexibility index (Phi) is 4.89. The molecule has 31 heavy (non-hydrogen) atoms. The molecule has 164 valence electrons. The van der Waals surface area contributed by atoms with Crippen LogP contribution < -0.4 is 5.32 Å². The quantitative estimate of drug-likeness (QED) is 0.497. The van der Waals surface area contributed by atoms with E-state index >= 15 is 0 Å². The van der Waals surface area contributed by atoms with E-state index in [1.165, 1.54) is 10.7 Å². The number of benzene rings is 1. The van der Waals surface area contributed by atoms with Gasteiger partial charge in [-0.15, -0.1) is 0 Å². The first-order chi connectivity index (χ1) is 14.9. The fraction of sp³-hybridized carbons (Fsp3) is 0.429. The molecular weight excluding hydrogens is 410 g/mol. The van der Waals surface area contributed by atoms with Gasteiger partial charge in [0.15, 0.2) is 11.9 Å². The molecule has 1 aromatic carbocycles. The van der Waals surface area contributed by atoms with Crippen LogP contribution in [-0.2, 0) is 11.2 Å². The topological polar surface area (TPSA) is 113 Å². The van der Waals surface area contributed by atoms with E-state index in [-0.39, 0.29) is 6.04 Å². The molecule has 0 amide bonds. The monoisotopic (exact) mass is 432 g/mol. The minimum Gasteiger partial charge on any atom is -0.394 e. The van der Waals surface area contributed by atoms with E-state index < -0.39 is 42.8 Å². The molecule has 1 unspecified atom stereocenters. The van der Waals surface area contributed by atoms with Crippen LogP contribution in [0.15, 0.2) is 24.4 Å². The SMILES string of the molecule is Cc1cc(N[C@@H]2CCc3cc(F)cc(F)c32)c2cnn([C@@H]3OC(CO)[C@@H](O)[C@H]3O)c2n1. The van der Waals surface area contributed by atoms with E-state index in [0.717, 1.165) is 6.07 Å². The van der Waals surface area contributed by atoms with Gasteiger partial charge >= 0.3 is 0 Å². The Morgan fingerprint density at radius 2 is 2.03 bits per heavy atom. The number of halogens is 2. The van der Waals surface area contributed by atoms with Gasteiger partial charge < -0.3 is 25.4 Å². The van der Waals surface area contributed by atoms with Crippen molar-refractivity contribution in [2.24, 2.45) is 0 Å². The lowest BCUT2D eigenvalue weighted by Gasteiger charge is -2.18. The Morgan fingerprint density at radius 1 is 1.23 bits per heavy atom. The molecule has 10 heteroatoms. The van der Waals surface area contributed by atoms with Crippen LogP contribution in [0.5, 0.6) is 0 Å². The summed E-state index contributed by atoms with van der Waals surface area (Å²) in [5, 5.41) is 38.0. The molecule has 1 fully saturated rings. The summed E-state index contributed by atoms with van der Waals surface area (Å²) < 4.78 is 35.0. The highest BCUT2D eigenvalue weighted by Crippen LogP contribution is 2.38. The van der Waals surface area contributed by atoms with Gasteiger partial charge in [-0.3, -0.25) is 0 Å². The van der Waals surface area contributed by atoms with Gasteiger partial charge in [0.1, 0.15) is 29.9 Å². The van der Waals surface area contributed by atoms with E-state index in [1.807, 2.05) is 6.07 Å². The zero-order valence-electron chi connectivity index (χ0n) is 16.7. The Hall–Kier alpha value is -2.66. The van der Waals surface area contributed by atoms with Crippen LogP contribution in [0.2, 0.25) is 0 Å². The summed E-state index contributed by atoms with van der Waals surface area (Å²) in [7, 11) is 0. The molecule has 1 saturated heterocycles. The van der Waals surface area contributed by atoms with Crippen LogP contribution in [-0.4, -0.2) is 55.0 Å². The van der Waals surface area contributed by atoms with E-state index in [4.69, 9.17) is 4.74 Å². The predicted molar refractivity (Wildman–Crippen MR) is 106 cm³/mol. The second-order valence-electron chi connectivity index (χ2n) is 8.06. The minimum absolute atomic E-state index is 0.335. The normalized spacial score (nSPS) is 27.7. The highest BCUT2D eigenvalue weighted by molar-refractivity contribution is 5.89. The van der Waals surface area contributed by atoms with Crippen LogP contribution in [0.4, 0.5) is 14.5 Å². The molecule has 5 rings (SSSR count). The molecule has 3 aromatic rings. The average Bonchev–Trinajstić information content (AvgIpc) is 3.39. The van der Waals surface area contributed by atoms with Crippen molar-refractivity contribution in [1.82, 2.24) is 14.8 Å². The first-order valence-corrected chi connectivity index (χ1v) is 10.1. The van der Waals surface area contributed by atoms with Crippen LogP contribution in [0.1, 0.15) is 35.5 Å². The number of aryl methyl sites for hydroxylation is 2. The molecule has 3 heterocycles. The van der Waals surface area contributed by atoms with Crippen LogP contribution in [0.25, 0.3) is 11.0 Å². The molecule has 0 bridgehead atoms. The first-order valence-electron chi connectivity index (χ1n) is 10.1. The lowest BCUT2D eigenvalue weighted by molar-refractivity contribution is -0.0566. The fourth-order valence-corrected chi connectivity index (χ4v) is 4.54. The van der Waals surface area contributed by atoms with Gasteiger partial charge in [-0.1, -0.05) is 0 Å². The van der Waals surface area contributed by atoms with Gasteiger partial charge in [0, 0.05) is 23.0 Å². The third kappa shape index (κ3) is 3.26. The third-order valence-electron chi connectivity index (χ3n) is 6.01. The molecule has 0 spiro atoms. The molecule has 2 aromatic heterocycles. The largest absolute Gasteiger partial charge is 0.394 e. The van der Waals surface area contributed by atoms with Crippen molar-refractivity contribution in [3.05, 3.63) is 52.9 Å². The number of ether oxygens (including phenoxy) is 1. The number of aliphatic hydroxyl groups is 3. The van der Waals surface area contributed by atoms with Crippen molar-refractivity contribution in [2.45, 2.75) is 50.3 Å². The summed E-state index contributed by atoms with van der Waals surface area (Å²) >= 11 is 0. The molecule has 4 N–H and O–H groups in total. The number of hydrogen-bond acceptors (Lipinski definition) is 7. The number of nitrogens with zero attached hydrogens (tertiary/aromatic N) is 3. The van der Waals surface area contributed by atoms with Crippen molar-refractivity contribution in [3.63, 3.8) is 0 Å². The van der Waals surface area contributed by atoms with Gasteiger partial charge in [-0.05, 0) is 37.5 Å². The summed E-state index contributed by atoms with van der Waals surface area (Å²) in [6.07, 6.45) is -1.76. The van der Waals surface area contributed by atoms with Crippen LogP contribution >= 0.6 is 0 Å². The number of aromatic nitrogens is 3. The second-order valence-corrected chi connectivity index (χ2v) is 8.06. The van der Waals surface area contributed by atoms with E-state index in [0.29, 0.717) is 46.4 Å². The third-order valence-corrected chi connectivity index (χ3v) is 6.01. The van der Waals surface area contributed by atoms with Crippen molar-refractivity contribution in [2.75, 3.05) is 11.9 Å². The van der Waals surface area contributed by atoms with Crippen molar-refractivity contribution < 1.29 is 28.8 Å². The zero-order chi connectivity index (χ0) is 21.9. The number of rotatable bonds is 4. The standard InChI is InChI=1S/C21H22F2N4O4/c1-9-4-15(26-14-3-2-10-5-11(22)6-13(23)17(10)14)12-7-24-27(20(12)25-9)21-19(30)18(29)16(8-28)31-21/h4-7,14,16,18-19,21,28-30H,2-3,8H2,1H3,(H,25,26)/t14-,16?,18-,19-,21-/m1/s1. The van der Waals surface area contributed by atoms with E-state index in [9.17, 15) is 24.1 Å². The Labute approximate surface area is 176 Å². The Balaban J connectivity index is 1.51. The lowest BCUT2D eigenvalue weighted by Crippen LogP contribution is -2.33. The molecule has 5 atom stereocenters. The number of fused-ring (bicyclic) bond motifs is 2. The Bertz CT molecular complexity index is 1150. The zero-order valence-corrected chi connectivity index (χ0v) is 16.7. The fourth-order valence-electron chi connectivity index (χ4n) is 4.54. The predicted octanol–water partition coefficient (Wildman–Crippen LogP) is 1.73. The molecule has 0 saturated carbocycles. The number of aliphatic hydroxyl groups excluding tert-OH is 3. The average molecular weight is 432 g/mol. The van der Waals surface area contributed by atoms with Crippen molar-refractivity contribution in [3.8, 4) is 0 Å². The number of nitrogens with one attached hydrogen (secondary N) is 1. The smallest absolute Gasteiger partial charge is 0.181 e. The second kappa shape index (κ2) is 7.49. The van der Waals surface area contributed by atoms with Gasteiger partial charge in [-0.25, -0.2) is 18.4 Å². The number of hydrogen-bond donors (Lipinski definition) is 4. The van der Waals surface area contributed by atoms with Crippen LogP contribution in [0, 0.1) is 18.6 Å². The number of pyridine rings is 1. The summed E-state index contributed by atoms with van der Waals surface area (Å²) in [6, 6.07) is 3.74. The summed E-state index contributed by atoms with van der Waals surface area (Å²) in [5.41, 5.74) is 2.84. The maximum Gasteiger partial charge on any atom is 0.181 e. The summed E-state index contributed by atoms with van der Waals surface area (Å²) in [4.78, 5) is 4.50. The Morgan fingerprint density at radius 3 is 2.77 bits per heavy atom. The molecule has 1 aliphatic heterocycles. The molecule has 2 aliphatic rings. The van der Waals surface area contributed by atoms with Gasteiger partial charge in [0.25, 0.3) is 0 Å². The maximum atomic E-state index is 14.5. The highest BCUT2D eigenvalue weighted by Gasteiger charge is 2.44.